The van der Waals surface area contributed by atoms with Crippen molar-refractivity contribution in [2.75, 3.05) is 23.5 Å². The van der Waals surface area contributed by atoms with Crippen LogP contribution in [0.25, 0.3) is 0 Å². The number of para-hydroxylation sites is 1. The van der Waals surface area contributed by atoms with Gasteiger partial charge in [0.15, 0.2) is 0 Å². The summed E-state index contributed by atoms with van der Waals surface area (Å²) in [5.74, 6) is 7.65. The minimum Gasteiger partial charge on any atom is -0.318 e. The van der Waals surface area contributed by atoms with Gasteiger partial charge in [-0.1, -0.05) is 12.1 Å². The number of nitrogens with one attached hydrogen (secondary N) is 1. The molecule has 1 aliphatic heterocycles. The van der Waals surface area contributed by atoms with Crippen LogP contribution in [-0.2, 0) is 6.54 Å². The van der Waals surface area contributed by atoms with Gasteiger partial charge in [-0.25, -0.2) is 0 Å². The van der Waals surface area contributed by atoms with E-state index in [4.69, 9.17) is 5.84 Å². The Morgan fingerprint density at radius 3 is 3.05 bits per heavy atom. The maximum absolute atomic E-state index is 11.0. The first-order chi connectivity index (χ1) is 9.13. The van der Waals surface area contributed by atoms with Gasteiger partial charge in [-0.15, -0.1) is 0 Å². The fraction of sp³-hybridized carbons (Fsp3) is 0.500. The van der Waals surface area contributed by atoms with Crippen LogP contribution in [-0.4, -0.2) is 33.9 Å². The first kappa shape index (κ1) is 14.1. The van der Waals surface area contributed by atoms with Gasteiger partial charge in [-0.05, 0) is 12.5 Å². The molecule has 1 aliphatic rings. The normalized spacial score (nSPS) is 20.2. The van der Waals surface area contributed by atoms with Crippen molar-refractivity contribution in [3.63, 3.8) is 0 Å². The molecule has 0 aliphatic carbocycles. The summed E-state index contributed by atoms with van der Waals surface area (Å²) < 4.78 is 0. The largest absolute Gasteiger partial charge is 0.318 e. The number of rotatable bonds is 4. The van der Waals surface area contributed by atoms with Crippen LogP contribution in [0.3, 0.4) is 0 Å². The van der Waals surface area contributed by atoms with Crippen LogP contribution in [0.1, 0.15) is 12.5 Å². The van der Waals surface area contributed by atoms with Crippen LogP contribution in [0.4, 0.5) is 11.4 Å². The highest BCUT2D eigenvalue weighted by Gasteiger charge is 2.22. The topological polar surface area (TPSA) is 84.4 Å². The Balaban J connectivity index is 2.24. The van der Waals surface area contributed by atoms with E-state index in [2.05, 4.69) is 17.2 Å². The first-order valence-electron chi connectivity index (χ1n) is 6.18. The smallest absolute Gasteiger partial charge is 0.293 e. The number of hydrogen-bond donors (Lipinski definition) is 2. The maximum Gasteiger partial charge on any atom is 0.293 e. The molecule has 1 atom stereocenters. The third kappa shape index (κ3) is 3.17. The predicted molar refractivity (Wildman–Crippen MR) is 78.1 cm³/mol. The molecule has 104 valence electrons. The lowest BCUT2D eigenvalue weighted by Gasteiger charge is -2.33. The number of anilines is 1. The molecule has 1 fully saturated rings. The van der Waals surface area contributed by atoms with Crippen molar-refractivity contribution in [2.24, 2.45) is 5.84 Å². The van der Waals surface area contributed by atoms with Gasteiger partial charge in [-0.3, -0.25) is 20.9 Å². The number of thioether (sulfide) groups is 1. The van der Waals surface area contributed by atoms with Gasteiger partial charge in [-0.2, -0.15) is 11.8 Å². The second kappa shape index (κ2) is 6.23. The molecule has 0 bridgehead atoms. The maximum atomic E-state index is 11.0. The summed E-state index contributed by atoms with van der Waals surface area (Å²) in [6.07, 6.45) is 0. The molecule has 0 amide bonds. The summed E-state index contributed by atoms with van der Waals surface area (Å²) in [4.78, 5) is 12.9. The van der Waals surface area contributed by atoms with Crippen LogP contribution < -0.4 is 11.3 Å². The Morgan fingerprint density at radius 2 is 2.42 bits per heavy atom. The predicted octanol–water partition coefficient (Wildman–Crippen LogP) is 1.82. The van der Waals surface area contributed by atoms with Crippen LogP contribution in [0.2, 0.25) is 0 Å². The Morgan fingerprint density at radius 1 is 1.63 bits per heavy atom. The molecule has 1 saturated heterocycles. The zero-order valence-corrected chi connectivity index (χ0v) is 11.7. The molecule has 2 rings (SSSR count). The Hall–Kier alpha value is -1.31. The van der Waals surface area contributed by atoms with Crippen molar-refractivity contribution in [3.05, 3.63) is 33.9 Å². The molecule has 0 aromatic heterocycles. The fourth-order valence-corrected chi connectivity index (χ4v) is 3.33. The van der Waals surface area contributed by atoms with E-state index in [-0.39, 0.29) is 5.69 Å². The third-order valence-corrected chi connectivity index (χ3v) is 4.54. The second-order valence-electron chi connectivity index (χ2n) is 4.61. The number of hydrogen-bond acceptors (Lipinski definition) is 6. The minimum atomic E-state index is -0.409. The molecule has 1 aromatic rings. The SMILES string of the molecule is CC1CSCCN1Cc1cccc([N+](=O)[O-])c1NN. The molecule has 0 radical (unpaired) electrons. The van der Waals surface area contributed by atoms with Gasteiger partial charge < -0.3 is 5.43 Å². The Kier molecular flexibility index (Phi) is 4.62. The molecule has 0 spiro atoms. The van der Waals surface area contributed by atoms with E-state index in [9.17, 15) is 10.1 Å². The molecular formula is C12H18N4O2S. The van der Waals surface area contributed by atoms with Gasteiger partial charge >= 0.3 is 0 Å². The zero-order chi connectivity index (χ0) is 13.8. The van der Waals surface area contributed by atoms with E-state index in [1.165, 1.54) is 6.07 Å². The molecule has 1 aromatic carbocycles. The van der Waals surface area contributed by atoms with Crippen molar-refractivity contribution in [1.29, 1.82) is 0 Å². The average molecular weight is 282 g/mol. The number of benzene rings is 1. The number of nitrogens with two attached hydrogens (primary N) is 1. The quantitative estimate of drug-likeness (QED) is 0.498. The lowest BCUT2D eigenvalue weighted by Crippen LogP contribution is -2.39. The molecular weight excluding hydrogens is 264 g/mol. The van der Waals surface area contributed by atoms with E-state index in [1.54, 1.807) is 6.07 Å². The number of nitro groups is 1. The summed E-state index contributed by atoms with van der Waals surface area (Å²) in [5, 5.41) is 11.0. The van der Waals surface area contributed by atoms with E-state index < -0.39 is 4.92 Å². The Labute approximate surface area is 116 Å². The average Bonchev–Trinajstić information content (AvgIpc) is 2.41. The standard InChI is InChI=1S/C12H18N4O2S/c1-9-8-19-6-5-15(9)7-10-3-2-4-11(16(17)18)12(10)14-13/h2-4,9,14H,5-8,13H2,1H3. The first-order valence-corrected chi connectivity index (χ1v) is 7.33. The summed E-state index contributed by atoms with van der Waals surface area (Å²) in [5.41, 5.74) is 3.79. The number of nitrogens with zero attached hydrogens (tertiary/aromatic N) is 2. The third-order valence-electron chi connectivity index (χ3n) is 3.35. The summed E-state index contributed by atoms with van der Waals surface area (Å²) in [6, 6.07) is 5.53. The van der Waals surface area contributed by atoms with Crippen LogP contribution in [0, 0.1) is 10.1 Å². The molecule has 0 saturated carbocycles. The van der Waals surface area contributed by atoms with Crippen LogP contribution in [0.15, 0.2) is 18.2 Å². The summed E-state index contributed by atoms with van der Waals surface area (Å²) >= 11 is 1.95. The zero-order valence-electron chi connectivity index (χ0n) is 10.8. The summed E-state index contributed by atoms with van der Waals surface area (Å²) in [7, 11) is 0. The molecule has 7 heteroatoms. The summed E-state index contributed by atoms with van der Waals surface area (Å²) in [6.45, 7) is 3.86. The van der Waals surface area contributed by atoms with Crippen molar-refractivity contribution in [3.8, 4) is 0 Å². The molecule has 3 N–H and O–H groups in total. The monoisotopic (exact) mass is 282 g/mol. The fourth-order valence-electron chi connectivity index (χ4n) is 2.25. The van der Waals surface area contributed by atoms with Crippen LogP contribution >= 0.6 is 11.8 Å². The van der Waals surface area contributed by atoms with Crippen molar-refractivity contribution in [1.82, 2.24) is 4.90 Å². The van der Waals surface area contributed by atoms with Crippen molar-refractivity contribution >= 4 is 23.1 Å². The van der Waals surface area contributed by atoms with Gasteiger partial charge in [0.25, 0.3) is 5.69 Å². The highest BCUT2D eigenvalue weighted by Crippen LogP contribution is 2.29. The van der Waals surface area contributed by atoms with Gasteiger partial charge in [0.05, 0.1) is 4.92 Å². The van der Waals surface area contributed by atoms with Gasteiger partial charge in [0.1, 0.15) is 5.69 Å². The molecule has 1 unspecified atom stereocenters. The van der Waals surface area contributed by atoms with Crippen molar-refractivity contribution < 1.29 is 4.92 Å². The highest BCUT2D eigenvalue weighted by molar-refractivity contribution is 7.99. The molecule has 19 heavy (non-hydrogen) atoms. The van der Waals surface area contributed by atoms with Crippen molar-refractivity contribution in [2.45, 2.75) is 19.5 Å². The molecule has 6 nitrogen and oxygen atoms in total. The van der Waals surface area contributed by atoms with Gasteiger partial charge in [0, 0.05) is 36.7 Å². The van der Waals surface area contributed by atoms with E-state index in [0.29, 0.717) is 18.3 Å². The van der Waals surface area contributed by atoms with E-state index in [0.717, 1.165) is 23.6 Å². The number of hydrazine groups is 1. The lowest BCUT2D eigenvalue weighted by molar-refractivity contribution is -0.384. The Bertz CT molecular complexity index is 469. The number of nitrogen functional groups attached to an aromatic ring is 1. The van der Waals surface area contributed by atoms with Crippen LogP contribution in [0.5, 0.6) is 0 Å². The highest BCUT2D eigenvalue weighted by atomic mass is 32.2. The second-order valence-corrected chi connectivity index (χ2v) is 5.76. The van der Waals surface area contributed by atoms with E-state index in [1.807, 2.05) is 17.8 Å². The minimum absolute atomic E-state index is 0.0269. The molecule has 1 heterocycles. The number of nitro benzene ring substituents is 1. The van der Waals surface area contributed by atoms with E-state index >= 15 is 0 Å². The van der Waals surface area contributed by atoms with Gasteiger partial charge in [0.2, 0.25) is 0 Å². The lowest BCUT2D eigenvalue weighted by atomic mass is 10.1.